The van der Waals surface area contributed by atoms with Crippen LogP contribution in [-0.2, 0) is 70.7 Å². The van der Waals surface area contributed by atoms with Gasteiger partial charge in [0.1, 0.15) is 69.0 Å². The first-order valence-corrected chi connectivity index (χ1v) is 43.0. The van der Waals surface area contributed by atoms with Crippen molar-refractivity contribution in [1.29, 1.82) is 0 Å². The van der Waals surface area contributed by atoms with Crippen LogP contribution in [0.5, 0.6) is 80.5 Å². The lowest BCUT2D eigenvalue weighted by Crippen LogP contribution is -2.18. The van der Waals surface area contributed by atoms with Gasteiger partial charge in [-0.05, 0) is 303 Å². The number of hydrogen-bond donors (Lipinski definition) is 14. The van der Waals surface area contributed by atoms with Crippen molar-refractivity contribution in [2.24, 2.45) is 0 Å². The summed E-state index contributed by atoms with van der Waals surface area (Å²) in [7, 11) is 37.5. The number of nitrogens with zero attached hydrogens (tertiary/aromatic N) is 9. The minimum atomic E-state index is -0.151. The number of phenols is 14. The first-order chi connectivity index (χ1) is 62.3. The van der Waals surface area contributed by atoms with Crippen LogP contribution < -0.4 is 0 Å². The summed E-state index contributed by atoms with van der Waals surface area (Å²) in [4.78, 5) is 19.6. The number of hydrogen-bond acceptors (Lipinski definition) is 23. The van der Waals surface area contributed by atoms with Gasteiger partial charge in [-0.3, -0.25) is 0 Å². The summed E-state index contributed by atoms with van der Waals surface area (Å²) in [5, 5.41) is 124. The highest BCUT2D eigenvalue weighted by molar-refractivity contribution is 5.43. The van der Waals surface area contributed by atoms with Gasteiger partial charge < -0.3 is 116 Å². The molecule has 13 aromatic carbocycles. The first-order valence-electron chi connectivity index (χ1n) is 43.0. The maximum Gasteiger partial charge on any atom is 0.157 e. The fourth-order valence-corrected chi connectivity index (χ4v) is 12.6. The zero-order valence-electron chi connectivity index (χ0n) is 80.8. The molecule has 0 aliphatic rings. The van der Waals surface area contributed by atoms with E-state index in [1.165, 1.54) is 99.1 Å². The van der Waals surface area contributed by atoms with Crippen LogP contribution >= 0.6 is 0 Å². The Bertz CT molecular complexity index is 4930. The predicted molar refractivity (Wildman–Crippen MR) is 539 cm³/mol. The van der Waals surface area contributed by atoms with Gasteiger partial charge >= 0.3 is 0 Å². The van der Waals surface area contributed by atoms with Crippen LogP contribution in [0, 0.1) is 0 Å². The average molecular weight is 1810 g/mol. The third-order valence-electron chi connectivity index (χ3n) is 18.3. The normalized spacial score (nSPS) is 10.6. The second kappa shape index (κ2) is 61.3. The minimum absolute atomic E-state index is 0.0764. The van der Waals surface area contributed by atoms with Crippen LogP contribution in [0.25, 0.3) is 0 Å². The first kappa shape index (κ1) is 113. The van der Waals surface area contributed by atoms with Gasteiger partial charge in [0.25, 0.3) is 0 Å². The molecule has 0 fully saturated rings. The van der Waals surface area contributed by atoms with Crippen molar-refractivity contribution in [3.05, 3.63) is 382 Å². The van der Waals surface area contributed by atoms with Crippen molar-refractivity contribution >= 4 is 0 Å². The number of para-hydroxylation sites is 3. The Kier molecular flexibility index (Phi) is 52.4. The van der Waals surface area contributed by atoms with Gasteiger partial charge in [-0.2, -0.15) is 0 Å². The molecule has 0 saturated heterocycles. The zero-order valence-corrected chi connectivity index (χ0v) is 80.8. The van der Waals surface area contributed by atoms with E-state index >= 15 is 0 Å². The molecule has 0 radical (unpaired) electrons. The topological polar surface area (TPSA) is 312 Å². The Morgan fingerprint density at radius 2 is 0.379 bits per heavy atom. The van der Waals surface area contributed by atoms with E-state index in [9.17, 15) is 15.3 Å². The van der Waals surface area contributed by atoms with Crippen LogP contribution in [0.3, 0.4) is 0 Å². The van der Waals surface area contributed by atoms with Gasteiger partial charge in [0.05, 0.1) is 0 Å². The molecule has 0 amide bonds. The predicted octanol–water partition coefficient (Wildman–Crippen LogP) is 18.9. The fraction of sp³-hybridized carbons (Fsp3) is 0.284. The van der Waals surface area contributed by atoms with Gasteiger partial charge in [-0.15, -0.1) is 0 Å². The molecule has 710 valence electrons. The number of rotatable bonds is 22. The molecule has 0 bridgehead atoms. The Labute approximate surface area is 784 Å². The smallest absolute Gasteiger partial charge is 0.157 e. The Morgan fingerprint density at radius 1 is 0.167 bits per heavy atom. The highest BCUT2D eigenvalue weighted by Gasteiger charge is 2.23. The summed E-state index contributed by atoms with van der Waals surface area (Å²) in [6.07, 6.45) is 0.806. The van der Waals surface area contributed by atoms with E-state index in [4.69, 9.17) is 56.2 Å². The van der Waals surface area contributed by atoms with E-state index in [2.05, 4.69) is 257 Å². The standard InChI is InChI=1S/C15H27N3.C15H16O2.C13H12O2.2C12H20N2.C9H13NO.C9H13N.C6H6O3.3C6H6O2/c1-16(2)10-13-7-14(11-17(3)4)9-15(8-13)12-18(5)6;1-15(2,11-3-7-13(16)8-4-11)12-5-9-14(17)10-6-12;14-12-5-1-10(2-6-12)9-11-3-7-13(15)8-4-11;1-13(2)9-11-5-7-12(8-6-11)10-14(3)4;1-13(2)9-11-6-5-7-12(8-11)10-14(3)4;1-10(2)7-8-5-3-4-6-9(8)11;1-10(2)8-9-6-4-3-5-7-9;7-4-1-5(8)3-6(9)2-4;7-5-1-2-6(8)4-3-5;7-5-2-1-3-6(8)4-5;7-5-3-1-2-4-6(5)8/h7-9H,10-12H2,1-6H3;3-10,16-17H,1-2H3;1-8,14-15H,9H2;2*5-8H,9-10H2,1-4H3;3-6,11H,7H2,1-2H3;3-7H,8H2,1-2H3;1-3,7-9H;3*1-4,7-8H. The van der Waals surface area contributed by atoms with Gasteiger partial charge in [-0.25, -0.2) is 0 Å². The van der Waals surface area contributed by atoms with E-state index in [0.717, 1.165) is 111 Å². The molecule has 0 atom stereocenters. The van der Waals surface area contributed by atoms with Crippen LogP contribution in [0.15, 0.2) is 309 Å². The minimum Gasteiger partial charge on any atom is -0.508 e. The third kappa shape index (κ3) is 52.4. The summed E-state index contributed by atoms with van der Waals surface area (Å²) in [5.74, 6) is 1.41. The molecule has 13 aromatic rings. The zero-order chi connectivity index (χ0) is 98.4. The second-order valence-corrected chi connectivity index (χ2v) is 34.5. The average Bonchev–Trinajstić information content (AvgIpc) is 0.803. The molecule has 0 aromatic heterocycles. The van der Waals surface area contributed by atoms with Crippen LogP contribution in [-0.4, -0.2) is 242 Å². The molecule has 0 heterocycles. The number of aromatic hydroxyl groups is 14. The number of phenolic OH excluding ortho intramolecular Hbond substituents is 14. The Balaban J connectivity index is 0.000000378. The lowest BCUT2D eigenvalue weighted by Gasteiger charge is -2.26. The second-order valence-electron chi connectivity index (χ2n) is 34.5. The van der Waals surface area contributed by atoms with Gasteiger partial charge in [-0.1, -0.05) is 196 Å². The molecule has 0 spiro atoms. The fourth-order valence-electron chi connectivity index (χ4n) is 12.6. The summed E-state index contributed by atoms with van der Waals surface area (Å²) in [6.45, 7) is 13.1. The highest BCUT2D eigenvalue weighted by atomic mass is 16.3. The molecular formula is C109H145N9O14. The monoisotopic (exact) mass is 1800 g/mol. The van der Waals surface area contributed by atoms with Crippen molar-refractivity contribution in [3.63, 3.8) is 0 Å². The lowest BCUT2D eigenvalue weighted by molar-refractivity contribution is 0.386. The van der Waals surface area contributed by atoms with E-state index in [0.29, 0.717) is 5.75 Å². The molecule has 132 heavy (non-hydrogen) atoms. The molecule has 13 rings (SSSR count). The maximum absolute atomic E-state index is 9.33. The molecule has 14 N–H and O–H groups in total. The molecule has 23 nitrogen and oxygen atoms in total. The van der Waals surface area contributed by atoms with Crippen LogP contribution in [0.2, 0.25) is 0 Å². The summed E-state index contributed by atoms with van der Waals surface area (Å²) in [5.41, 5.74) is 16.4. The van der Waals surface area contributed by atoms with E-state index < -0.39 is 0 Å². The molecule has 0 unspecified atom stereocenters. The molecule has 0 aliphatic carbocycles. The van der Waals surface area contributed by atoms with E-state index in [-0.39, 0.29) is 80.2 Å². The quantitative estimate of drug-likeness (QED) is 0.0221. The van der Waals surface area contributed by atoms with Crippen molar-refractivity contribution in [3.8, 4) is 80.5 Å². The lowest BCUT2D eigenvalue weighted by atomic mass is 9.78. The van der Waals surface area contributed by atoms with Crippen molar-refractivity contribution in [1.82, 2.24) is 44.1 Å². The Morgan fingerprint density at radius 3 is 0.652 bits per heavy atom. The summed E-state index contributed by atoms with van der Waals surface area (Å²) >= 11 is 0. The SMILES string of the molecule is CC(C)(c1ccc(O)cc1)c1ccc(O)cc1.CN(C)Cc1cc(CN(C)C)cc(CN(C)C)c1.CN(C)Cc1ccc(CN(C)C)cc1.CN(C)Cc1cccc(CN(C)C)c1.CN(C)Cc1ccccc1.CN(C)Cc1ccccc1O.Oc1cc(O)cc(O)c1.Oc1ccc(Cc2ccc(O)cc2)cc1.Oc1ccc(O)cc1.Oc1cccc(O)c1.Oc1ccccc1O. The molecule has 23 heteroatoms. The van der Waals surface area contributed by atoms with Gasteiger partial charge in [0.2, 0.25) is 0 Å². The summed E-state index contributed by atoms with van der Waals surface area (Å²) in [6, 6.07) is 92.2. The highest BCUT2D eigenvalue weighted by Crippen LogP contribution is 2.34. The van der Waals surface area contributed by atoms with Gasteiger partial charge in [0, 0.05) is 94.1 Å². The van der Waals surface area contributed by atoms with Gasteiger partial charge in [0.15, 0.2) is 11.5 Å². The molecular weight excluding hydrogens is 1660 g/mol. The summed E-state index contributed by atoms with van der Waals surface area (Å²) < 4.78 is 0. The van der Waals surface area contributed by atoms with Crippen molar-refractivity contribution in [2.45, 2.75) is 84.6 Å². The third-order valence-corrected chi connectivity index (χ3v) is 18.3. The molecule has 0 saturated carbocycles. The maximum atomic E-state index is 9.33. The van der Waals surface area contributed by atoms with Crippen LogP contribution in [0.4, 0.5) is 0 Å². The van der Waals surface area contributed by atoms with Crippen molar-refractivity contribution in [2.75, 3.05) is 127 Å². The van der Waals surface area contributed by atoms with E-state index in [1.54, 1.807) is 72.8 Å². The number of benzene rings is 13. The van der Waals surface area contributed by atoms with Crippen molar-refractivity contribution < 1.29 is 71.5 Å². The van der Waals surface area contributed by atoms with Crippen LogP contribution in [0.1, 0.15) is 86.2 Å². The molecule has 0 aliphatic heterocycles. The van der Waals surface area contributed by atoms with E-state index in [1.807, 2.05) is 91.8 Å². The Hall–Kier alpha value is -13.3. The largest absolute Gasteiger partial charge is 0.508 e.